The number of hydrogen-bond acceptors (Lipinski definition) is 4. The van der Waals surface area contributed by atoms with Crippen LogP contribution in [0.25, 0.3) is 0 Å². The molecule has 2 aromatic rings. The zero-order chi connectivity index (χ0) is 18.9. The summed E-state index contributed by atoms with van der Waals surface area (Å²) in [6.45, 7) is 4.77. The maximum Gasteiger partial charge on any atom is 0.255 e. The van der Waals surface area contributed by atoms with Crippen LogP contribution in [-0.2, 0) is 0 Å². The largest absolute Gasteiger partial charge is 0.491 e. The second-order valence-corrected chi connectivity index (χ2v) is 5.91. The quantitative estimate of drug-likeness (QED) is 0.679. The van der Waals surface area contributed by atoms with Crippen molar-refractivity contribution in [2.45, 2.75) is 26.4 Å². The predicted molar refractivity (Wildman–Crippen MR) is 103 cm³/mol. The Hall–Kier alpha value is -2.86. The average Bonchev–Trinajstić information content (AvgIpc) is 2.66. The lowest BCUT2D eigenvalue weighted by atomic mass is 10.1. The van der Waals surface area contributed by atoms with Gasteiger partial charge in [0.05, 0.1) is 17.4 Å². The highest BCUT2D eigenvalue weighted by molar-refractivity contribution is 6.09. The van der Waals surface area contributed by atoms with Gasteiger partial charge in [-0.3, -0.25) is 9.59 Å². The van der Waals surface area contributed by atoms with Gasteiger partial charge in [0.15, 0.2) is 0 Å². The molecule has 6 nitrogen and oxygen atoms in total. The average molecular weight is 355 g/mol. The lowest BCUT2D eigenvalue weighted by Gasteiger charge is -2.13. The summed E-state index contributed by atoms with van der Waals surface area (Å²) < 4.78 is 5.71. The number of ether oxygens (including phenoxy) is 1. The van der Waals surface area contributed by atoms with E-state index in [2.05, 4.69) is 10.6 Å². The van der Waals surface area contributed by atoms with Crippen molar-refractivity contribution >= 4 is 17.5 Å². The molecular weight excluding hydrogens is 330 g/mol. The second kappa shape index (κ2) is 9.58. The highest BCUT2D eigenvalue weighted by atomic mass is 16.5. The number of nitrogens with one attached hydrogen (secondary N) is 2. The van der Waals surface area contributed by atoms with Crippen molar-refractivity contribution in [1.82, 2.24) is 5.32 Å². The van der Waals surface area contributed by atoms with Gasteiger partial charge in [0.2, 0.25) is 0 Å². The van der Waals surface area contributed by atoms with Crippen LogP contribution in [-0.4, -0.2) is 31.0 Å². The van der Waals surface area contributed by atoms with E-state index in [-0.39, 0.29) is 17.9 Å². The van der Waals surface area contributed by atoms with Crippen LogP contribution in [0, 0.1) is 0 Å². The van der Waals surface area contributed by atoms with Crippen molar-refractivity contribution < 1.29 is 14.3 Å². The van der Waals surface area contributed by atoms with Crippen LogP contribution in [0.5, 0.6) is 5.75 Å². The monoisotopic (exact) mass is 355 g/mol. The van der Waals surface area contributed by atoms with Crippen molar-refractivity contribution in [3.8, 4) is 5.75 Å². The molecule has 2 amide bonds. The van der Waals surface area contributed by atoms with E-state index in [4.69, 9.17) is 10.5 Å². The molecule has 0 aliphatic rings. The number of rotatable bonds is 8. The van der Waals surface area contributed by atoms with Crippen molar-refractivity contribution in [3.05, 3.63) is 59.7 Å². The molecule has 2 rings (SSSR count). The number of benzene rings is 2. The minimum absolute atomic E-state index is 0.119. The molecule has 0 aliphatic carbocycles. The molecule has 0 radical (unpaired) electrons. The molecule has 4 N–H and O–H groups in total. The Balaban J connectivity index is 2.09. The molecule has 0 bridgehead atoms. The Labute approximate surface area is 153 Å². The van der Waals surface area contributed by atoms with Gasteiger partial charge in [-0.2, -0.15) is 0 Å². The Morgan fingerprint density at radius 3 is 2.42 bits per heavy atom. The molecule has 6 heteroatoms. The minimum Gasteiger partial charge on any atom is -0.491 e. The van der Waals surface area contributed by atoms with Gasteiger partial charge < -0.3 is 21.1 Å². The number of amides is 2. The normalized spacial score (nSPS) is 11.5. The Morgan fingerprint density at radius 1 is 1.08 bits per heavy atom. The van der Waals surface area contributed by atoms with Crippen LogP contribution in [0.1, 0.15) is 41.0 Å². The van der Waals surface area contributed by atoms with Crippen molar-refractivity contribution in [1.29, 1.82) is 0 Å². The van der Waals surface area contributed by atoms with Gasteiger partial charge in [-0.25, -0.2) is 0 Å². The number of hydrogen-bond donors (Lipinski definition) is 3. The lowest BCUT2D eigenvalue weighted by Crippen LogP contribution is -2.30. The number of carbonyl (C=O) groups excluding carboxylic acids is 2. The molecular formula is C20H25N3O3. The van der Waals surface area contributed by atoms with E-state index in [0.29, 0.717) is 29.9 Å². The van der Waals surface area contributed by atoms with Gasteiger partial charge in [-0.05, 0) is 49.7 Å². The smallest absolute Gasteiger partial charge is 0.255 e. The number of nitrogens with two attached hydrogens (primary N) is 1. The molecule has 26 heavy (non-hydrogen) atoms. The molecule has 0 saturated heterocycles. The fourth-order valence-corrected chi connectivity index (χ4v) is 2.27. The summed E-state index contributed by atoms with van der Waals surface area (Å²) in [5, 5.41) is 5.49. The van der Waals surface area contributed by atoms with E-state index in [1.54, 1.807) is 48.5 Å². The van der Waals surface area contributed by atoms with E-state index in [1.165, 1.54) is 0 Å². The Kier molecular flexibility index (Phi) is 7.17. The third-order valence-corrected chi connectivity index (χ3v) is 3.88. The lowest BCUT2D eigenvalue weighted by molar-refractivity contribution is 0.0955. The summed E-state index contributed by atoms with van der Waals surface area (Å²) in [6.07, 6.45) is 1.03. The number of anilines is 1. The van der Waals surface area contributed by atoms with Crippen molar-refractivity contribution in [2.24, 2.45) is 5.73 Å². The first-order valence-electron chi connectivity index (χ1n) is 8.70. The van der Waals surface area contributed by atoms with Gasteiger partial charge in [-0.15, -0.1) is 0 Å². The molecule has 0 spiro atoms. The fraction of sp³-hybridized carbons (Fsp3) is 0.300. The van der Waals surface area contributed by atoms with Gasteiger partial charge in [-0.1, -0.05) is 19.1 Å². The standard InChI is InChI=1S/C20H25N3O3/c1-3-14(2)26-16-10-8-15(9-11-16)19(24)23-18-7-5-4-6-17(18)20(25)22-13-12-21/h4-11,14H,3,12-13,21H2,1-2H3,(H,22,25)(H,23,24). The summed E-state index contributed by atoms with van der Waals surface area (Å²) in [4.78, 5) is 24.7. The molecule has 0 heterocycles. The molecule has 0 fully saturated rings. The van der Waals surface area contributed by atoms with E-state index in [9.17, 15) is 9.59 Å². The molecule has 0 aromatic heterocycles. The zero-order valence-corrected chi connectivity index (χ0v) is 15.1. The number of carbonyl (C=O) groups is 2. The summed E-state index contributed by atoms with van der Waals surface area (Å²) >= 11 is 0. The predicted octanol–water partition coefficient (Wildman–Crippen LogP) is 2.80. The maximum atomic E-state index is 12.5. The SMILES string of the molecule is CCC(C)Oc1ccc(C(=O)Nc2ccccc2C(=O)NCCN)cc1. The van der Waals surface area contributed by atoms with Crippen LogP contribution in [0.2, 0.25) is 0 Å². The van der Waals surface area contributed by atoms with Crippen molar-refractivity contribution in [3.63, 3.8) is 0 Å². The van der Waals surface area contributed by atoms with E-state index in [0.717, 1.165) is 12.2 Å². The molecule has 2 aromatic carbocycles. The zero-order valence-electron chi connectivity index (χ0n) is 15.1. The van der Waals surface area contributed by atoms with E-state index < -0.39 is 0 Å². The highest BCUT2D eigenvalue weighted by Gasteiger charge is 2.14. The van der Waals surface area contributed by atoms with Crippen LogP contribution in [0.4, 0.5) is 5.69 Å². The minimum atomic E-state index is -0.292. The summed E-state index contributed by atoms with van der Waals surface area (Å²) in [5.74, 6) is 0.153. The molecule has 1 atom stereocenters. The Morgan fingerprint density at radius 2 is 1.77 bits per heavy atom. The van der Waals surface area contributed by atoms with Crippen molar-refractivity contribution in [2.75, 3.05) is 18.4 Å². The first-order chi connectivity index (χ1) is 12.5. The van der Waals surface area contributed by atoms with Crippen LogP contribution < -0.4 is 21.1 Å². The summed E-state index contributed by atoms with van der Waals surface area (Å²) in [6, 6.07) is 13.8. The molecule has 0 aliphatic heterocycles. The van der Waals surface area contributed by atoms with Gasteiger partial charge in [0.1, 0.15) is 5.75 Å². The molecule has 138 valence electrons. The van der Waals surface area contributed by atoms with Crippen LogP contribution in [0.3, 0.4) is 0 Å². The third kappa shape index (κ3) is 5.32. The fourth-order valence-electron chi connectivity index (χ4n) is 2.27. The third-order valence-electron chi connectivity index (χ3n) is 3.88. The van der Waals surface area contributed by atoms with Gasteiger partial charge >= 0.3 is 0 Å². The van der Waals surface area contributed by atoms with Crippen LogP contribution in [0.15, 0.2) is 48.5 Å². The Bertz CT molecular complexity index is 744. The number of para-hydroxylation sites is 1. The first-order valence-corrected chi connectivity index (χ1v) is 8.70. The van der Waals surface area contributed by atoms with E-state index >= 15 is 0 Å². The summed E-state index contributed by atoms with van der Waals surface area (Å²) in [7, 11) is 0. The first kappa shape index (κ1) is 19.5. The maximum absolute atomic E-state index is 12.5. The van der Waals surface area contributed by atoms with Crippen LogP contribution >= 0.6 is 0 Å². The highest BCUT2D eigenvalue weighted by Crippen LogP contribution is 2.18. The summed E-state index contributed by atoms with van der Waals surface area (Å²) in [5.41, 5.74) is 6.74. The molecule has 1 unspecified atom stereocenters. The van der Waals surface area contributed by atoms with E-state index in [1.807, 2.05) is 13.8 Å². The topological polar surface area (TPSA) is 93.4 Å². The molecule has 0 saturated carbocycles. The van der Waals surface area contributed by atoms with Gasteiger partial charge in [0, 0.05) is 18.7 Å². The van der Waals surface area contributed by atoms with Gasteiger partial charge in [0.25, 0.3) is 11.8 Å². The second-order valence-electron chi connectivity index (χ2n) is 5.91.